The minimum Gasteiger partial charge on any atom is -0.492 e. The zero-order chi connectivity index (χ0) is 12.0. The fourth-order valence-corrected chi connectivity index (χ4v) is 1.24. The van der Waals surface area contributed by atoms with Crippen molar-refractivity contribution in [3.05, 3.63) is 29.3 Å². The summed E-state index contributed by atoms with van der Waals surface area (Å²) >= 11 is 0. The molecule has 0 radical (unpaired) electrons. The molecule has 16 heavy (non-hydrogen) atoms. The highest BCUT2D eigenvalue weighted by Crippen LogP contribution is 2.15. The van der Waals surface area contributed by atoms with Crippen LogP contribution in [0, 0.1) is 13.8 Å². The number of carboxylic acid groups (broad SMARTS) is 1. The first-order chi connectivity index (χ1) is 7.59. The van der Waals surface area contributed by atoms with E-state index in [-0.39, 0.29) is 6.54 Å². The van der Waals surface area contributed by atoms with Gasteiger partial charge in [0.05, 0.1) is 6.54 Å². The first-order valence-corrected chi connectivity index (χ1v) is 5.22. The molecule has 2 N–H and O–H groups in total. The number of ether oxygens (including phenoxy) is 1. The van der Waals surface area contributed by atoms with Crippen LogP contribution < -0.4 is 10.1 Å². The van der Waals surface area contributed by atoms with E-state index >= 15 is 0 Å². The third-order valence-electron chi connectivity index (χ3n) is 2.30. The minimum atomic E-state index is -0.855. The van der Waals surface area contributed by atoms with E-state index in [1.54, 1.807) is 0 Å². The Morgan fingerprint density at radius 1 is 1.38 bits per heavy atom. The van der Waals surface area contributed by atoms with Crippen LogP contribution in [-0.2, 0) is 4.79 Å². The van der Waals surface area contributed by atoms with Crippen molar-refractivity contribution in [2.75, 3.05) is 19.7 Å². The standard InChI is InChI=1S/C12H17NO3/c1-9-3-4-11(7-10(9)2)16-6-5-13-8-12(14)15/h3-4,7,13H,5-6,8H2,1-2H3,(H,14,15). The number of carboxylic acids is 1. The van der Waals surface area contributed by atoms with E-state index in [0.717, 1.165) is 5.75 Å². The molecule has 0 atom stereocenters. The molecule has 0 aromatic heterocycles. The van der Waals surface area contributed by atoms with Crippen molar-refractivity contribution in [1.29, 1.82) is 0 Å². The molecular formula is C12H17NO3. The fourth-order valence-electron chi connectivity index (χ4n) is 1.24. The number of benzene rings is 1. The van der Waals surface area contributed by atoms with Crippen LogP contribution in [-0.4, -0.2) is 30.8 Å². The lowest BCUT2D eigenvalue weighted by molar-refractivity contribution is -0.135. The minimum absolute atomic E-state index is 0.0315. The van der Waals surface area contributed by atoms with Crippen molar-refractivity contribution >= 4 is 5.97 Å². The molecule has 0 saturated carbocycles. The summed E-state index contributed by atoms with van der Waals surface area (Å²) in [6, 6.07) is 5.90. The molecule has 0 heterocycles. The van der Waals surface area contributed by atoms with Gasteiger partial charge in [0, 0.05) is 6.54 Å². The summed E-state index contributed by atoms with van der Waals surface area (Å²) in [6.45, 7) is 5.05. The average Bonchev–Trinajstić information content (AvgIpc) is 2.22. The van der Waals surface area contributed by atoms with Crippen molar-refractivity contribution in [3.63, 3.8) is 0 Å². The van der Waals surface area contributed by atoms with Gasteiger partial charge in [-0.05, 0) is 37.1 Å². The number of rotatable bonds is 6. The maximum atomic E-state index is 10.2. The first kappa shape index (κ1) is 12.5. The Balaban J connectivity index is 2.27. The summed E-state index contributed by atoms with van der Waals surface area (Å²) in [5, 5.41) is 11.1. The lowest BCUT2D eigenvalue weighted by atomic mass is 10.1. The Hall–Kier alpha value is -1.55. The smallest absolute Gasteiger partial charge is 0.317 e. The predicted octanol–water partition coefficient (Wildman–Crippen LogP) is 1.36. The molecule has 0 saturated heterocycles. The number of nitrogens with one attached hydrogen (secondary N) is 1. The van der Waals surface area contributed by atoms with Gasteiger partial charge in [-0.3, -0.25) is 4.79 Å². The van der Waals surface area contributed by atoms with E-state index in [2.05, 4.69) is 5.32 Å². The Kier molecular flexibility index (Phi) is 4.79. The molecule has 0 unspecified atom stereocenters. The molecule has 1 aromatic carbocycles. The number of hydrogen-bond acceptors (Lipinski definition) is 3. The van der Waals surface area contributed by atoms with Gasteiger partial charge in [0.1, 0.15) is 12.4 Å². The molecule has 0 aliphatic rings. The lowest BCUT2D eigenvalue weighted by Crippen LogP contribution is -2.26. The van der Waals surface area contributed by atoms with E-state index in [1.807, 2.05) is 32.0 Å². The topological polar surface area (TPSA) is 58.6 Å². The summed E-state index contributed by atoms with van der Waals surface area (Å²) < 4.78 is 5.47. The van der Waals surface area contributed by atoms with Crippen LogP contribution in [0.2, 0.25) is 0 Å². The van der Waals surface area contributed by atoms with Gasteiger partial charge in [-0.2, -0.15) is 0 Å². The van der Waals surface area contributed by atoms with Crippen molar-refractivity contribution in [2.45, 2.75) is 13.8 Å². The van der Waals surface area contributed by atoms with Gasteiger partial charge in [0.15, 0.2) is 0 Å². The number of hydrogen-bond donors (Lipinski definition) is 2. The molecular weight excluding hydrogens is 206 g/mol. The summed E-state index contributed by atoms with van der Waals surface area (Å²) in [5.74, 6) is -0.0357. The van der Waals surface area contributed by atoms with Crippen molar-refractivity contribution < 1.29 is 14.6 Å². The first-order valence-electron chi connectivity index (χ1n) is 5.22. The van der Waals surface area contributed by atoms with Gasteiger partial charge in [-0.15, -0.1) is 0 Å². The van der Waals surface area contributed by atoms with Crippen LogP contribution >= 0.6 is 0 Å². The van der Waals surface area contributed by atoms with Crippen LogP contribution in [0.25, 0.3) is 0 Å². The molecule has 0 aliphatic heterocycles. The molecule has 0 amide bonds. The third kappa shape index (κ3) is 4.31. The van der Waals surface area contributed by atoms with Gasteiger partial charge >= 0.3 is 5.97 Å². The molecule has 0 fully saturated rings. The van der Waals surface area contributed by atoms with E-state index in [1.165, 1.54) is 11.1 Å². The number of aliphatic carboxylic acids is 1. The Bertz CT molecular complexity index is 363. The maximum absolute atomic E-state index is 10.2. The summed E-state index contributed by atoms with van der Waals surface area (Å²) in [5.41, 5.74) is 2.42. The second-order valence-electron chi connectivity index (χ2n) is 3.67. The van der Waals surface area contributed by atoms with E-state index in [0.29, 0.717) is 13.2 Å². The summed E-state index contributed by atoms with van der Waals surface area (Å²) in [4.78, 5) is 10.2. The van der Waals surface area contributed by atoms with Gasteiger partial charge in [-0.25, -0.2) is 0 Å². The van der Waals surface area contributed by atoms with Crippen LogP contribution in [0.1, 0.15) is 11.1 Å². The van der Waals surface area contributed by atoms with Crippen LogP contribution in [0.15, 0.2) is 18.2 Å². The Labute approximate surface area is 95.2 Å². The zero-order valence-electron chi connectivity index (χ0n) is 9.62. The quantitative estimate of drug-likeness (QED) is 0.715. The van der Waals surface area contributed by atoms with Crippen molar-refractivity contribution in [3.8, 4) is 5.75 Å². The average molecular weight is 223 g/mol. The summed E-state index contributed by atoms with van der Waals surface area (Å²) in [7, 11) is 0. The molecule has 4 nitrogen and oxygen atoms in total. The molecule has 1 rings (SSSR count). The number of aryl methyl sites for hydroxylation is 2. The highest BCUT2D eigenvalue weighted by molar-refractivity contribution is 5.68. The monoisotopic (exact) mass is 223 g/mol. The molecule has 88 valence electrons. The van der Waals surface area contributed by atoms with Crippen LogP contribution in [0.3, 0.4) is 0 Å². The number of carbonyl (C=O) groups is 1. The molecule has 0 bridgehead atoms. The SMILES string of the molecule is Cc1ccc(OCCNCC(=O)O)cc1C. The lowest BCUT2D eigenvalue weighted by Gasteiger charge is -2.08. The largest absolute Gasteiger partial charge is 0.492 e. The molecule has 1 aromatic rings. The van der Waals surface area contributed by atoms with Gasteiger partial charge < -0.3 is 15.2 Å². The zero-order valence-corrected chi connectivity index (χ0v) is 9.62. The Morgan fingerprint density at radius 3 is 2.75 bits per heavy atom. The summed E-state index contributed by atoms with van der Waals surface area (Å²) in [6.07, 6.45) is 0. The molecule has 0 spiro atoms. The highest BCUT2D eigenvalue weighted by Gasteiger charge is 1.98. The maximum Gasteiger partial charge on any atom is 0.317 e. The third-order valence-corrected chi connectivity index (χ3v) is 2.30. The van der Waals surface area contributed by atoms with Crippen LogP contribution in [0.4, 0.5) is 0 Å². The molecule has 0 aliphatic carbocycles. The van der Waals surface area contributed by atoms with Gasteiger partial charge in [0.25, 0.3) is 0 Å². The van der Waals surface area contributed by atoms with E-state index in [4.69, 9.17) is 9.84 Å². The predicted molar refractivity (Wildman–Crippen MR) is 61.9 cm³/mol. The van der Waals surface area contributed by atoms with Gasteiger partial charge in [-0.1, -0.05) is 6.07 Å². The molecule has 4 heteroatoms. The van der Waals surface area contributed by atoms with Crippen molar-refractivity contribution in [2.24, 2.45) is 0 Å². The normalized spacial score (nSPS) is 10.1. The van der Waals surface area contributed by atoms with E-state index < -0.39 is 5.97 Å². The Morgan fingerprint density at radius 2 is 2.12 bits per heavy atom. The fraction of sp³-hybridized carbons (Fsp3) is 0.417. The second kappa shape index (κ2) is 6.12. The van der Waals surface area contributed by atoms with E-state index in [9.17, 15) is 4.79 Å². The van der Waals surface area contributed by atoms with Gasteiger partial charge in [0.2, 0.25) is 0 Å². The second-order valence-corrected chi connectivity index (χ2v) is 3.67. The van der Waals surface area contributed by atoms with Crippen molar-refractivity contribution in [1.82, 2.24) is 5.32 Å². The van der Waals surface area contributed by atoms with Crippen LogP contribution in [0.5, 0.6) is 5.75 Å². The highest BCUT2D eigenvalue weighted by atomic mass is 16.5.